The van der Waals surface area contributed by atoms with Gasteiger partial charge in [-0.3, -0.25) is 19.7 Å². The molecule has 2 amide bonds. The number of rotatable bonds is 37. The first-order chi connectivity index (χ1) is 28.5. The van der Waals surface area contributed by atoms with Crippen molar-refractivity contribution in [2.24, 2.45) is 0 Å². The van der Waals surface area contributed by atoms with E-state index in [-0.39, 0.29) is 19.0 Å². The van der Waals surface area contributed by atoms with Crippen LogP contribution >= 0.6 is 0 Å². The summed E-state index contributed by atoms with van der Waals surface area (Å²) in [6, 6.07) is 9.96. The largest absolute Gasteiger partial charge is 0.461 e. The van der Waals surface area contributed by atoms with Gasteiger partial charge in [0.25, 0.3) is 11.8 Å². The molecule has 1 aliphatic heterocycles. The SMILES string of the molecule is C=CCCCCCCCCCCc1cc(CCCCCCCCCCC=C)c(COC(=O)Cc2cccc3c2C(=O)NC3=O)c(CCCCCCCCCCC=C)c1. The van der Waals surface area contributed by atoms with Crippen LogP contribution < -0.4 is 5.32 Å². The smallest absolute Gasteiger partial charge is 0.310 e. The van der Waals surface area contributed by atoms with Crippen molar-refractivity contribution in [2.45, 2.75) is 206 Å². The zero-order chi connectivity index (χ0) is 41.5. The molecule has 0 radical (unpaired) electrons. The molecule has 0 unspecified atom stereocenters. The number of carbonyl (C=O) groups excluding carboxylic acids is 3. The number of aryl methyl sites for hydroxylation is 3. The molecule has 5 nitrogen and oxygen atoms in total. The third-order valence-electron chi connectivity index (χ3n) is 11.9. The van der Waals surface area contributed by atoms with Crippen LogP contribution in [0.2, 0.25) is 0 Å². The summed E-state index contributed by atoms with van der Waals surface area (Å²) >= 11 is 0. The number of unbranched alkanes of at least 4 members (excludes halogenated alkanes) is 24. The molecule has 2 aromatic carbocycles. The number of ether oxygens (including phenoxy) is 1. The van der Waals surface area contributed by atoms with E-state index in [1.165, 1.54) is 164 Å². The average Bonchev–Trinajstić information content (AvgIpc) is 3.52. The molecule has 1 heterocycles. The number of amides is 2. The minimum absolute atomic E-state index is 0.0391. The molecule has 0 spiro atoms. The number of benzene rings is 2. The summed E-state index contributed by atoms with van der Waals surface area (Å²) in [5.74, 6) is -1.22. The molecule has 0 saturated heterocycles. The number of nitrogens with one attached hydrogen (secondary N) is 1. The van der Waals surface area contributed by atoms with E-state index in [1.807, 2.05) is 18.2 Å². The van der Waals surface area contributed by atoms with E-state index in [2.05, 4.69) is 37.2 Å². The second-order valence-electron chi connectivity index (χ2n) is 16.8. The maximum Gasteiger partial charge on any atom is 0.310 e. The summed E-state index contributed by atoms with van der Waals surface area (Å²) in [5, 5.41) is 2.36. The van der Waals surface area contributed by atoms with E-state index in [4.69, 9.17) is 4.74 Å². The molecule has 0 fully saturated rings. The summed E-state index contributed by atoms with van der Waals surface area (Å²) in [6.45, 7) is 11.8. The fourth-order valence-corrected chi connectivity index (χ4v) is 8.45. The molecule has 2 aromatic rings. The van der Waals surface area contributed by atoms with Gasteiger partial charge >= 0.3 is 5.97 Å². The lowest BCUT2D eigenvalue weighted by atomic mass is 9.90. The van der Waals surface area contributed by atoms with Crippen LogP contribution in [0.1, 0.15) is 222 Å². The molecule has 320 valence electrons. The van der Waals surface area contributed by atoms with Crippen molar-refractivity contribution in [2.75, 3.05) is 0 Å². The highest BCUT2D eigenvalue weighted by Gasteiger charge is 2.30. The predicted molar refractivity (Wildman–Crippen MR) is 245 cm³/mol. The fourth-order valence-electron chi connectivity index (χ4n) is 8.45. The Kier molecular flexibility index (Phi) is 26.2. The Bertz CT molecular complexity index is 1470. The van der Waals surface area contributed by atoms with Crippen LogP contribution in [-0.4, -0.2) is 17.8 Å². The van der Waals surface area contributed by atoms with Gasteiger partial charge in [0.2, 0.25) is 0 Å². The van der Waals surface area contributed by atoms with Crippen molar-refractivity contribution >= 4 is 17.8 Å². The van der Waals surface area contributed by atoms with Gasteiger partial charge in [-0.25, -0.2) is 0 Å². The molecule has 0 aliphatic carbocycles. The standard InChI is InChI=1S/C53H79NO4/c1-4-7-10-13-16-19-22-25-28-31-35-44-40-45(36-32-29-26-23-20-17-14-11-8-5-2)49(46(41-44)37-33-30-27-24-21-18-15-12-9-6-3)43-58-50(55)42-47-38-34-39-48-51(47)53(57)54-52(48)56/h4-6,34,38-41H,1-3,7-33,35-37,42-43H2,(H,54,56,57). The summed E-state index contributed by atoms with van der Waals surface area (Å²) in [7, 11) is 0. The van der Waals surface area contributed by atoms with Crippen molar-refractivity contribution in [3.8, 4) is 0 Å². The summed E-state index contributed by atoms with van der Waals surface area (Å²) < 4.78 is 6.07. The van der Waals surface area contributed by atoms with Crippen molar-refractivity contribution in [3.63, 3.8) is 0 Å². The molecule has 3 rings (SSSR count). The van der Waals surface area contributed by atoms with Gasteiger partial charge < -0.3 is 4.74 Å². The third kappa shape index (κ3) is 19.8. The summed E-state index contributed by atoms with van der Waals surface area (Å²) in [5.41, 5.74) is 6.46. The summed E-state index contributed by atoms with van der Waals surface area (Å²) in [4.78, 5) is 38.2. The predicted octanol–water partition coefficient (Wildman–Crippen LogP) is 14.6. The molecule has 5 heteroatoms. The second-order valence-corrected chi connectivity index (χ2v) is 16.8. The molecular weight excluding hydrogens is 715 g/mol. The van der Waals surface area contributed by atoms with Crippen LogP contribution in [0.25, 0.3) is 0 Å². The van der Waals surface area contributed by atoms with Crippen molar-refractivity contribution in [1.82, 2.24) is 5.32 Å². The normalized spacial score (nSPS) is 12.1. The van der Waals surface area contributed by atoms with E-state index >= 15 is 0 Å². The first-order valence-electron chi connectivity index (χ1n) is 23.6. The second kappa shape index (κ2) is 31.2. The van der Waals surface area contributed by atoms with Gasteiger partial charge in [0, 0.05) is 0 Å². The van der Waals surface area contributed by atoms with Crippen LogP contribution in [0.4, 0.5) is 0 Å². The Hall–Kier alpha value is -3.73. The third-order valence-corrected chi connectivity index (χ3v) is 11.9. The molecule has 0 aromatic heterocycles. The lowest BCUT2D eigenvalue weighted by Gasteiger charge is -2.19. The topological polar surface area (TPSA) is 72.5 Å². The van der Waals surface area contributed by atoms with Crippen LogP contribution in [0.15, 0.2) is 68.3 Å². The Morgan fingerprint density at radius 3 is 1.38 bits per heavy atom. The number of carbonyl (C=O) groups is 3. The number of hydrogen-bond acceptors (Lipinski definition) is 4. The van der Waals surface area contributed by atoms with E-state index in [0.717, 1.165) is 51.4 Å². The van der Waals surface area contributed by atoms with Crippen LogP contribution in [0, 0.1) is 0 Å². The lowest BCUT2D eigenvalue weighted by Crippen LogP contribution is -2.20. The van der Waals surface area contributed by atoms with Crippen molar-refractivity contribution in [3.05, 3.63) is 107 Å². The Morgan fingerprint density at radius 1 is 0.517 bits per heavy atom. The van der Waals surface area contributed by atoms with Gasteiger partial charge in [0.15, 0.2) is 0 Å². The minimum Gasteiger partial charge on any atom is -0.461 e. The first-order valence-corrected chi connectivity index (χ1v) is 23.6. The maximum atomic E-state index is 13.4. The Labute approximate surface area is 354 Å². The van der Waals surface area contributed by atoms with Gasteiger partial charge in [-0.2, -0.15) is 0 Å². The average molecular weight is 794 g/mol. The molecule has 0 atom stereocenters. The minimum atomic E-state index is -0.441. The van der Waals surface area contributed by atoms with Gasteiger partial charge in [-0.15, -0.1) is 19.7 Å². The van der Waals surface area contributed by atoms with E-state index in [9.17, 15) is 14.4 Å². The van der Waals surface area contributed by atoms with Crippen LogP contribution in [0.5, 0.6) is 0 Å². The lowest BCUT2D eigenvalue weighted by molar-refractivity contribution is -0.144. The van der Waals surface area contributed by atoms with E-state index in [1.54, 1.807) is 18.2 Å². The molecule has 1 N–H and O–H groups in total. The first kappa shape index (κ1) is 48.6. The van der Waals surface area contributed by atoms with E-state index < -0.39 is 11.8 Å². The highest BCUT2D eigenvalue weighted by molar-refractivity contribution is 6.22. The molecular formula is C53H79NO4. The van der Waals surface area contributed by atoms with Gasteiger partial charge in [0.1, 0.15) is 6.61 Å². The Morgan fingerprint density at radius 2 is 0.931 bits per heavy atom. The summed E-state index contributed by atoms with van der Waals surface area (Å²) in [6.07, 6.45) is 43.0. The number of imide groups is 1. The highest BCUT2D eigenvalue weighted by atomic mass is 16.5. The van der Waals surface area contributed by atoms with Gasteiger partial charge in [-0.1, -0.05) is 158 Å². The zero-order valence-electron chi connectivity index (χ0n) is 36.5. The van der Waals surface area contributed by atoms with Crippen LogP contribution in [-0.2, 0) is 41.8 Å². The zero-order valence-corrected chi connectivity index (χ0v) is 36.5. The van der Waals surface area contributed by atoms with E-state index in [0.29, 0.717) is 16.7 Å². The van der Waals surface area contributed by atoms with Crippen LogP contribution in [0.3, 0.4) is 0 Å². The molecule has 0 saturated carbocycles. The van der Waals surface area contributed by atoms with Gasteiger partial charge in [-0.05, 0) is 111 Å². The van der Waals surface area contributed by atoms with Crippen molar-refractivity contribution < 1.29 is 19.1 Å². The number of allylic oxidation sites excluding steroid dienone is 3. The number of hydrogen-bond donors (Lipinski definition) is 1. The number of esters is 1. The Balaban J connectivity index is 1.68. The quantitative estimate of drug-likeness (QED) is 0.0320. The molecule has 58 heavy (non-hydrogen) atoms. The van der Waals surface area contributed by atoms with Gasteiger partial charge in [0.05, 0.1) is 17.5 Å². The fraction of sp³-hybridized carbons (Fsp3) is 0.604. The molecule has 1 aliphatic rings. The monoisotopic (exact) mass is 794 g/mol. The van der Waals surface area contributed by atoms with Crippen molar-refractivity contribution in [1.29, 1.82) is 0 Å². The molecule has 0 bridgehead atoms. The number of fused-ring (bicyclic) bond motifs is 1. The highest BCUT2D eigenvalue weighted by Crippen LogP contribution is 2.27. The maximum absolute atomic E-state index is 13.4.